The molecule has 11 heteroatoms. The molecule has 1 saturated heterocycles. The van der Waals surface area contributed by atoms with Gasteiger partial charge in [-0.2, -0.15) is 18.3 Å². The fourth-order valence-corrected chi connectivity index (χ4v) is 3.71. The summed E-state index contributed by atoms with van der Waals surface area (Å²) in [6.07, 6.45) is -0.295. The van der Waals surface area contributed by atoms with Gasteiger partial charge in [0.05, 0.1) is 25.0 Å². The third kappa shape index (κ3) is 3.43. The van der Waals surface area contributed by atoms with Crippen molar-refractivity contribution in [2.45, 2.75) is 31.2 Å². The number of rotatable bonds is 3. The van der Waals surface area contributed by atoms with Crippen molar-refractivity contribution in [1.82, 2.24) is 19.9 Å². The number of nitrogens with one attached hydrogen (secondary N) is 1. The molecule has 0 spiro atoms. The molecule has 0 aliphatic carbocycles. The monoisotopic (exact) mass is 438 g/mol. The Morgan fingerprint density at radius 2 is 2.03 bits per heavy atom. The molecule has 0 saturated carbocycles. The van der Waals surface area contributed by atoms with Crippen LogP contribution in [0.25, 0.3) is 5.65 Å². The molecule has 164 valence electrons. The number of alkyl halides is 3. The first kappa shape index (κ1) is 21.2. The Morgan fingerprint density at radius 1 is 1.29 bits per heavy atom. The zero-order valence-electron chi connectivity index (χ0n) is 16.5. The van der Waals surface area contributed by atoms with Gasteiger partial charge in [0.25, 0.3) is 5.91 Å². The number of hydrogen-bond acceptors (Lipinski definition) is 5. The lowest BCUT2D eigenvalue weighted by molar-refractivity contribution is -0.137. The van der Waals surface area contributed by atoms with Crippen molar-refractivity contribution < 1.29 is 32.2 Å². The molecule has 3 heterocycles. The maximum absolute atomic E-state index is 14.9. The molecule has 2 atom stereocenters. The molecule has 7 nitrogen and oxygen atoms in total. The molecular weight excluding hydrogens is 420 g/mol. The van der Waals surface area contributed by atoms with Gasteiger partial charge in [0, 0.05) is 18.0 Å². The van der Waals surface area contributed by atoms with E-state index in [1.807, 2.05) is 0 Å². The molecule has 0 radical (unpaired) electrons. The highest BCUT2D eigenvalue weighted by atomic mass is 19.4. The van der Waals surface area contributed by atoms with E-state index in [0.29, 0.717) is 12.1 Å². The molecule has 1 aliphatic rings. The predicted molar refractivity (Wildman–Crippen MR) is 99.7 cm³/mol. The minimum Gasteiger partial charge on any atom is -0.385 e. The van der Waals surface area contributed by atoms with Crippen molar-refractivity contribution in [3.8, 4) is 0 Å². The van der Waals surface area contributed by atoms with Gasteiger partial charge in [0.2, 0.25) is 0 Å². The molecule has 3 aromatic rings. The summed E-state index contributed by atoms with van der Waals surface area (Å²) < 4.78 is 60.5. The highest BCUT2D eigenvalue weighted by Crippen LogP contribution is 2.41. The van der Waals surface area contributed by atoms with Gasteiger partial charge >= 0.3 is 6.18 Å². The van der Waals surface area contributed by atoms with Crippen molar-refractivity contribution in [3.05, 3.63) is 64.9 Å². The summed E-state index contributed by atoms with van der Waals surface area (Å²) in [5.41, 5.74) is -4.07. The molecule has 4 rings (SSSR count). The van der Waals surface area contributed by atoms with E-state index in [-0.39, 0.29) is 30.0 Å². The Balaban J connectivity index is 1.78. The molecule has 2 aromatic heterocycles. The van der Waals surface area contributed by atoms with Crippen LogP contribution in [0.5, 0.6) is 0 Å². The summed E-state index contributed by atoms with van der Waals surface area (Å²) in [6.45, 7) is 2.50. The minimum absolute atomic E-state index is 0.0504. The number of aliphatic hydroxyl groups is 1. The lowest BCUT2D eigenvalue weighted by Gasteiger charge is -2.39. The number of ether oxygens (including phenoxy) is 1. The van der Waals surface area contributed by atoms with Crippen LogP contribution in [-0.2, 0) is 16.5 Å². The summed E-state index contributed by atoms with van der Waals surface area (Å²) >= 11 is 0. The fourth-order valence-electron chi connectivity index (χ4n) is 3.71. The first-order valence-corrected chi connectivity index (χ1v) is 9.24. The molecule has 0 bridgehead atoms. The standard InChI is InChI=1S/C20H18F4N4O3/c1-11-6-25-16-13(7-26-28(16)8-11)17(29)27-19(10-31-9-18(19,2)30)14-4-3-12(5-15(14)21)20(22,23)24/h3-8,30H,9-10H2,1-2H3,(H,27,29)/t18-,19+/m0/s1. The second-order valence-electron chi connectivity index (χ2n) is 7.78. The summed E-state index contributed by atoms with van der Waals surface area (Å²) in [4.78, 5) is 17.3. The van der Waals surface area contributed by atoms with E-state index in [9.17, 15) is 27.5 Å². The lowest BCUT2D eigenvalue weighted by atomic mass is 9.77. The molecule has 1 amide bonds. The summed E-state index contributed by atoms with van der Waals surface area (Å²) in [6, 6.07) is 1.93. The smallest absolute Gasteiger partial charge is 0.385 e. The number of aromatic nitrogens is 3. The van der Waals surface area contributed by atoms with Gasteiger partial charge in [0.15, 0.2) is 5.65 Å². The molecule has 1 aromatic carbocycles. The third-order valence-corrected chi connectivity index (χ3v) is 5.43. The number of hydrogen-bond donors (Lipinski definition) is 2. The average Bonchev–Trinajstić information content (AvgIpc) is 3.21. The van der Waals surface area contributed by atoms with Crippen molar-refractivity contribution in [2.75, 3.05) is 13.2 Å². The average molecular weight is 438 g/mol. The number of fused-ring (bicyclic) bond motifs is 1. The number of amides is 1. The van der Waals surface area contributed by atoms with E-state index < -0.39 is 34.6 Å². The first-order chi connectivity index (χ1) is 14.4. The van der Waals surface area contributed by atoms with Crippen molar-refractivity contribution in [2.24, 2.45) is 0 Å². The van der Waals surface area contributed by atoms with Crippen LogP contribution in [0.2, 0.25) is 0 Å². The van der Waals surface area contributed by atoms with E-state index in [1.54, 1.807) is 13.1 Å². The van der Waals surface area contributed by atoms with Gasteiger partial charge in [0.1, 0.15) is 22.5 Å². The Morgan fingerprint density at radius 3 is 2.65 bits per heavy atom. The Labute approximate surface area is 173 Å². The number of benzene rings is 1. The van der Waals surface area contributed by atoms with E-state index in [0.717, 1.165) is 11.6 Å². The number of carbonyl (C=O) groups excluding carboxylic acids is 1. The molecule has 31 heavy (non-hydrogen) atoms. The lowest BCUT2D eigenvalue weighted by Crippen LogP contribution is -2.60. The van der Waals surface area contributed by atoms with Crippen LogP contribution >= 0.6 is 0 Å². The molecular formula is C20H18F4N4O3. The normalized spacial score (nSPS) is 24.0. The Bertz CT molecular complexity index is 1170. The van der Waals surface area contributed by atoms with Gasteiger partial charge in [-0.15, -0.1) is 0 Å². The van der Waals surface area contributed by atoms with E-state index >= 15 is 0 Å². The van der Waals surface area contributed by atoms with Crippen molar-refractivity contribution in [3.63, 3.8) is 0 Å². The minimum atomic E-state index is -4.74. The summed E-state index contributed by atoms with van der Waals surface area (Å²) in [5.74, 6) is -1.97. The zero-order chi connectivity index (χ0) is 22.6. The van der Waals surface area contributed by atoms with E-state index in [1.165, 1.54) is 23.8 Å². The zero-order valence-corrected chi connectivity index (χ0v) is 16.5. The molecule has 0 unspecified atom stereocenters. The second kappa shape index (κ2) is 6.99. The fraction of sp³-hybridized carbons (Fsp3) is 0.350. The van der Waals surface area contributed by atoms with E-state index in [2.05, 4.69) is 15.4 Å². The van der Waals surface area contributed by atoms with Crippen molar-refractivity contribution >= 4 is 11.6 Å². The topological polar surface area (TPSA) is 88.8 Å². The summed E-state index contributed by atoms with van der Waals surface area (Å²) in [7, 11) is 0. The van der Waals surface area contributed by atoms with Crippen LogP contribution in [0.4, 0.5) is 17.6 Å². The highest BCUT2D eigenvalue weighted by Gasteiger charge is 2.56. The quantitative estimate of drug-likeness (QED) is 0.614. The highest BCUT2D eigenvalue weighted by molar-refractivity contribution is 6.00. The van der Waals surface area contributed by atoms with E-state index in [4.69, 9.17) is 4.74 Å². The SMILES string of the molecule is Cc1cnc2c(C(=O)N[C@@]3(c4ccc(C(F)(F)F)cc4F)COC[C@]3(C)O)cnn2c1. The molecule has 1 fully saturated rings. The van der Waals surface area contributed by atoms with Crippen LogP contribution in [0.15, 0.2) is 36.8 Å². The third-order valence-electron chi connectivity index (χ3n) is 5.43. The molecule has 1 aliphatic heterocycles. The number of nitrogens with zero attached hydrogens (tertiary/aromatic N) is 3. The maximum Gasteiger partial charge on any atom is 0.416 e. The second-order valence-corrected chi connectivity index (χ2v) is 7.78. The van der Waals surface area contributed by atoms with Crippen LogP contribution in [0, 0.1) is 12.7 Å². The Hall–Kier alpha value is -3.05. The van der Waals surface area contributed by atoms with Gasteiger partial charge in [-0.25, -0.2) is 13.9 Å². The largest absolute Gasteiger partial charge is 0.416 e. The van der Waals surface area contributed by atoms with Gasteiger partial charge in [-0.3, -0.25) is 4.79 Å². The van der Waals surface area contributed by atoms with Crippen LogP contribution in [0.3, 0.4) is 0 Å². The Kier molecular flexibility index (Phi) is 4.78. The molecule has 2 N–H and O–H groups in total. The predicted octanol–water partition coefficient (Wildman–Crippen LogP) is 2.60. The van der Waals surface area contributed by atoms with Crippen LogP contribution in [-0.4, -0.2) is 44.4 Å². The van der Waals surface area contributed by atoms with Gasteiger partial charge in [-0.1, -0.05) is 6.07 Å². The first-order valence-electron chi connectivity index (χ1n) is 9.24. The maximum atomic E-state index is 14.9. The van der Waals surface area contributed by atoms with Crippen molar-refractivity contribution in [1.29, 1.82) is 0 Å². The van der Waals surface area contributed by atoms with Gasteiger partial charge in [-0.05, 0) is 31.5 Å². The number of carbonyl (C=O) groups is 1. The van der Waals surface area contributed by atoms with Crippen LogP contribution < -0.4 is 5.32 Å². The number of halogens is 4. The number of aryl methyl sites for hydroxylation is 1. The summed E-state index contributed by atoms with van der Waals surface area (Å²) in [5, 5.41) is 17.6. The van der Waals surface area contributed by atoms with Gasteiger partial charge < -0.3 is 15.2 Å². The van der Waals surface area contributed by atoms with Crippen LogP contribution in [0.1, 0.15) is 34.0 Å².